The van der Waals surface area contributed by atoms with Crippen LogP contribution in [0.4, 0.5) is 4.79 Å². The summed E-state index contributed by atoms with van der Waals surface area (Å²) in [5.41, 5.74) is 0. The Hall–Kier alpha value is -1.76. The van der Waals surface area contributed by atoms with Crippen LogP contribution >= 0.6 is 15.9 Å². The number of benzene rings is 1. The molecule has 120 valence electrons. The third-order valence-corrected chi connectivity index (χ3v) is 3.90. The average Bonchev–Trinajstić information content (AvgIpc) is 2.55. The predicted molar refractivity (Wildman–Crippen MR) is 84.5 cm³/mol. The molecule has 1 N–H and O–H groups in total. The Bertz CT molecular complexity index is 521. The smallest absolute Gasteiger partial charge is 0.413 e. The van der Waals surface area contributed by atoms with Crippen molar-refractivity contribution in [3.8, 4) is 5.75 Å². The molecule has 1 heterocycles. The van der Waals surface area contributed by atoms with Gasteiger partial charge in [0.2, 0.25) is 0 Å². The molecule has 22 heavy (non-hydrogen) atoms. The van der Waals surface area contributed by atoms with Gasteiger partial charge in [0.05, 0.1) is 0 Å². The van der Waals surface area contributed by atoms with E-state index in [0.717, 1.165) is 23.7 Å². The van der Waals surface area contributed by atoms with Crippen LogP contribution in [-0.4, -0.2) is 43.3 Å². The number of hydrogen-bond donors (Lipinski definition) is 1. The highest BCUT2D eigenvalue weighted by Crippen LogP contribution is 2.23. The summed E-state index contributed by atoms with van der Waals surface area (Å²) in [5, 5.41) is 2.41. The van der Waals surface area contributed by atoms with Gasteiger partial charge in [-0.05, 0) is 37.1 Å². The number of likely N-dealkylation sites (tertiary alicyclic amines) is 1. The Morgan fingerprint density at radius 1 is 1.32 bits per heavy atom. The quantitative estimate of drug-likeness (QED) is 0.883. The molecule has 1 fully saturated rings. The van der Waals surface area contributed by atoms with E-state index in [1.54, 1.807) is 0 Å². The molecule has 1 saturated heterocycles. The Morgan fingerprint density at radius 3 is 2.73 bits per heavy atom. The van der Waals surface area contributed by atoms with Gasteiger partial charge >= 0.3 is 6.09 Å². The summed E-state index contributed by atoms with van der Waals surface area (Å²) in [6, 6.07) is 7.44. The van der Waals surface area contributed by atoms with Crippen molar-refractivity contribution >= 4 is 27.9 Å². The molecule has 2 rings (SSSR count). The fourth-order valence-corrected chi connectivity index (χ4v) is 2.45. The second-order valence-electron chi connectivity index (χ2n) is 4.94. The number of carbonyl (C=O) groups excluding carboxylic acids is 2. The summed E-state index contributed by atoms with van der Waals surface area (Å²) in [6.45, 7) is 0.282. The summed E-state index contributed by atoms with van der Waals surface area (Å²) < 4.78 is 11.9. The van der Waals surface area contributed by atoms with E-state index in [1.807, 2.05) is 24.3 Å². The lowest BCUT2D eigenvalue weighted by atomic mass is 10.1. The lowest BCUT2D eigenvalue weighted by molar-refractivity contribution is -0.124. The highest BCUT2D eigenvalue weighted by Gasteiger charge is 2.29. The van der Waals surface area contributed by atoms with Crippen LogP contribution in [-0.2, 0) is 9.53 Å². The zero-order chi connectivity index (χ0) is 15.9. The molecule has 0 spiro atoms. The first kappa shape index (κ1) is 16.6. The van der Waals surface area contributed by atoms with E-state index in [1.165, 1.54) is 11.9 Å². The van der Waals surface area contributed by atoms with Crippen LogP contribution in [0.3, 0.4) is 0 Å². The van der Waals surface area contributed by atoms with E-state index >= 15 is 0 Å². The predicted octanol–water partition coefficient (Wildman–Crippen LogP) is 2.52. The Labute approximate surface area is 137 Å². The maximum absolute atomic E-state index is 12.1. The number of likely N-dealkylation sites (N-methyl/N-ethyl adjacent to an activating group) is 1. The van der Waals surface area contributed by atoms with Gasteiger partial charge in [0, 0.05) is 24.5 Å². The highest BCUT2D eigenvalue weighted by molar-refractivity contribution is 9.10. The first-order valence-electron chi connectivity index (χ1n) is 7.16. The van der Waals surface area contributed by atoms with E-state index in [0.29, 0.717) is 12.3 Å². The van der Waals surface area contributed by atoms with Gasteiger partial charge in [0.25, 0.3) is 5.91 Å². The zero-order valence-electron chi connectivity index (χ0n) is 12.4. The molecule has 0 radical (unpaired) electrons. The zero-order valence-corrected chi connectivity index (χ0v) is 14.0. The van der Waals surface area contributed by atoms with Crippen molar-refractivity contribution in [1.29, 1.82) is 0 Å². The Kier molecular flexibility index (Phi) is 6.06. The number of amides is 2. The molecule has 1 aliphatic rings. The summed E-state index contributed by atoms with van der Waals surface area (Å²) in [5.74, 6) is 0.356. The van der Waals surface area contributed by atoms with E-state index in [9.17, 15) is 9.59 Å². The van der Waals surface area contributed by atoms with Crippen molar-refractivity contribution in [3.05, 3.63) is 28.7 Å². The minimum atomic E-state index is -0.523. The minimum absolute atomic E-state index is 0.281. The molecular weight excluding hydrogens is 352 g/mol. The molecule has 0 bridgehead atoms. The number of nitrogens with zero attached hydrogens (tertiary/aromatic N) is 1. The van der Waals surface area contributed by atoms with Gasteiger partial charge in [0.15, 0.2) is 12.8 Å². The Balaban J connectivity index is 1.96. The van der Waals surface area contributed by atoms with Crippen LogP contribution in [0.15, 0.2) is 28.7 Å². The largest absolute Gasteiger partial charge is 0.470 e. The van der Waals surface area contributed by atoms with Gasteiger partial charge in [-0.3, -0.25) is 9.69 Å². The summed E-state index contributed by atoms with van der Waals surface area (Å²) in [6.07, 6.45) is 1.73. The number of nitrogens with one attached hydrogen (secondary N) is 1. The van der Waals surface area contributed by atoms with E-state index in [-0.39, 0.29) is 18.7 Å². The van der Waals surface area contributed by atoms with Crippen molar-refractivity contribution < 1.29 is 19.1 Å². The second kappa shape index (κ2) is 8.03. The van der Waals surface area contributed by atoms with Crippen molar-refractivity contribution in [1.82, 2.24) is 10.2 Å². The normalized spacial score (nSPS) is 17.7. The number of carbonyl (C=O) groups is 2. The van der Waals surface area contributed by atoms with Crippen molar-refractivity contribution in [3.63, 3.8) is 0 Å². The van der Waals surface area contributed by atoms with Crippen LogP contribution in [0.1, 0.15) is 19.3 Å². The lowest BCUT2D eigenvalue weighted by Gasteiger charge is -2.34. The molecular formula is C15H19BrN2O4. The maximum Gasteiger partial charge on any atom is 0.413 e. The van der Waals surface area contributed by atoms with Crippen molar-refractivity contribution in [2.24, 2.45) is 0 Å². The number of ether oxygens (including phenoxy) is 2. The molecule has 2 amide bonds. The first-order valence-corrected chi connectivity index (χ1v) is 7.95. The van der Waals surface area contributed by atoms with E-state index < -0.39 is 6.09 Å². The molecule has 7 heteroatoms. The minimum Gasteiger partial charge on any atom is -0.470 e. The third kappa shape index (κ3) is 4.62. The van der Waals surface area contributed by atoms with Crippen LogP contribution < -0.4 is 10.1 Å². The van der Waals surface area contributed by atoms with Gasteiger partial charge in [-0.25, -0.2) is 4.79 Å². The number of rotatable bonds is 4. The maximum atomic E-state index is 12.1. The molecule has 1 aromatic rings. The Morgan fingerprint density at radius 2 is 2.05 bits per heavy atom. The van der Waals surface area contributed by atoms with Crippen LogP contribution in [0, 0.1) is 0 Å². The highest BCUT2D eigenvalue weighted by atomic mass is 79.9. The standard InChI is InChI=1S/C15H19BrN2O4/c1-17-13(19)10-21-15(20)18-9-3-2-4-14(18)22-12-7-5-11(16)6-8-12/h5-8,14H,2-4,9-10H2,1H3,(H,17,19). The van der Waals surface area contributed by atoms with E-state index in [2.05, 4.69) is 21.2 Å². The van der Waals surface area contributed by atoms with Crippen LogP contribution in [0.5, 0.6) is 5.75 Å². The number of halogens is 1. The summed E-state index contributed by atoms with van der Waals surface area (Å²) in [4.78, 5) is 24.8. The first-order chi connectivity index (χ1) is 10.6. The monoisotopic (exact) mass is 370 g/mol. The SMILES string of the molecule is CNC(=O)COC(=O)N1CCCCC1Oc1ccc(Br)cc1. The van der Waals surface area contributed by atoms with Crippen LogP contribution in [0.25, 0.3) is 0 Å². The van der Waals surface area contributed by atoms with Crippen molar-refractivity contribution in [2.45, 2.75) is 25.5 Å². The average molecular weight is 371 g/mol. The molecule has 1 aliphatic heterocycles. The number of piperidine rings is 1. The lowest BCUT2D eigenvalue weighted by Crippen LogP contribution is -2.47. The fourth-order valence-electron chi connectivity index (χ4n) is 2.18. The second-order valence-corrected chi connectivity index (χ2v) is 5.86. The molecule has 1 atom stereocenters. The van der Waals surface area contributed by atoms with Gasteiger partial charge in [-0.15, -0.1) is 0 Å². The van der Waals surface area contributed by atoms with Gasteiger partial charge < -0.3 is 14.8 Å². The molecule has 0 saturated carbocycles. The molecule has 0 aliphatic carbocycles. The fraction of sp³-hybridized carbons (Fsp3) is 0.467. The molecule has 0 aromatic heterocycles. The van der Waals surface area contributed by atoms with Gasteiger partial charge in [-0.2, -0.15) is 0 Å². The topological polar surface area (TPSA) is 67.9 Å². The van der Waals surface area contributed by atoms with Crippen LogP contribution in [0.2, 0.25) is 0 Å². The third-order valence-electron chi connectivity index (χ3n) is 3.37. The number of hydrogen-bond acceptors (Lipinski definition) is 4. The van der Waals surface area contributed by atoms with Gasteiger partial charge in [-0.1, -0.05) is 15.9 Å². The van der Waals surface area contributed by atoms with Crippen molar-refractivity contribution in [2.75, 3.05) is 20.2 Å². The molecule has 1 unspecified atom stereocenters. The summed E-state index contributed by atoms with van der Waals surface area (Å²) >= 11 is 3.37. The molecule has 6 nitrogen and oxygen atoms in total. The van der Waals surface area contributed by atoms with Gasteiger partial charge in [0.1, 0.15) is 5.75 Å². The molecule has 1 aromatic carbocycles. The van der Waals surface area contributed by atoms with E-state index in [4.69, 9.17) is 9.47 Å². The summed E-state index contributed by atoms with van der Waals surface area (Å²) in [7, 11) is 1.50.